The minimum absolute atomic E-state index is 0.0313. The summed E-state index contributed by atoms with van der Waals surface area (Å²) in [6.45, 7) is 4.00. The van der Waals surface area contributed by atoms with E-state index >= 15 is 0 Å². The molecule has 2 nitrogen and oxygen atoms in total. The van der Waals surface area contributed by atoms with Crippen molar-refractivity contribution in [2.45, 2.75) is 13.8 Å². The highest BCUT2D eigenvalue weighted by molar-refractivity contribution is 9.09. The lowest BCUT2D eigenvalue weighted by Gasteiger charge is -2.00. The van der Waals surface area contributed by atoms with E-state index in [4.69, 9.17) is 0 Å². The molecule has 0 aliphatic heterocycles. The van der Waals surface area contributed by atoms with E-state index in [0.29, 0.717) is 5.33 Å². The van der Waals surface area contributed by atoms with Gasteiger partial charge in [0, 0.05) is 5.69 Å². The molecule has 0 aromatic heterocycles. The highest BCUT2D eigenvalue weighted by Gasteiger charge is 1.96. The van der Waals surface area contributed by atoms with Crippen molar-refractivity contribution in [2.24, 2.45) is 0 Å². The maximum absolute atomic E-state index is 10.8. The molecule has 0 aliphatic carbocycles. The molecule has 0 fully saturated rings. The molecule has 0 unspecified atom stereocenters. The number of alkyl halides is 1. The van der Waals surface area contributed by atoms with Gasteiger partial charge in [0.2, 0.25) is 5.91 Å². The number of hydrogen-bond donors (Lipinski definition) is 1. The number of hydrogen-bond acceptors (Lipinski definition) is 1. The summed E-state index contributed by atoms with van der Waals surface area (Å²) in [6.07, 6.45) is 0. The summed E-state index contributed by atoms with van der Waals surface area (Å²) < 4.78 is 0. The fourth-order valence-corrected chi connectivity index (χ4v) is 0.856. The van der Waals surface area contributed by atoms with Gasteiger partial charge in [0.25, 0.3) is 0 Å². The molecule has 72 valence electrons. The Kier molecular flexibility index (Phi) is 7.30. The summed E-state index contributed by atoms with van der Waals surface area (Å²) >= 11 is 3.06. The second-order valence-electron chi connectivity index (χ2n) is 2.05. The van der Waals surface area contributed by atoms with Crippen LogP contribution in [0.1, 0.15) is 13.8 Å². The van der Waals surface area contributed by atoms with Crippen molar-refractivity contribution < 1.29 is 4.79 Å². The first kappa shape index (κ1) is 12.2. The van der Waals surface area contributed by atoms with E-state index in [9.17, 15) is 4.79 Å². The number of anilines is 1. The molecule has 0 aliphatic rings. The number of carbonyl (C=O) groups is 1. The fraction of sp³-hybridized carbons (Fsp3) is 0.300. The van der Waals surface area contributed by atoms with Crippen LogP contribution >= 0.6 is 15.9 Å². The van der Waals surface area contributed by atoms with Gasteiger partial charge < -0.3 is 5.32 Å². The molecular weight excluding hydrogens is 230 g/mol. The Morgan fingerprint density at radius 3 is 2.31 bits per heavy atom. The minimum Gasteiger partial charge on any atom is -0.325 e. The number of nitrogens with one attached hydrogen (secondary N) is 1. The van der Waals surface area contributed by atoms with Crippen LogP contribution in [0.3, 0.4) is 0 Å². The van der Waals surface area contributed by atoms with E-state index < -0.39 is 0 Å². The molecule has 0 bridgehead atoms. The van der Waals surface area contributed by atoms with Crippen molar-refractivity contribution in [3.05, 3.63) is 30.3 Å². The van der Waals surface area contributed by atoms with Gasteiger partial charge in [-0.15, -0.1) is 0 Å². The quantitative estimate of drug-likeness (QED) is 0.796. The van der Waals surface area contributed by atoms with Gasteiger partial charge in [-0.25, -0.2) is 0 Å². The largest absolute Gasteiger partial charge is 0.325 e. The number of carbonyl (C=O) groups excluding carboxylic acids is 1. The first-order chi connectivity index (χ1) is 6.33. The average molecular weight is 244 g/mol. The number of benzene rings is 1. The first-order valence-corrected chi connectivity index (χ1v) is 5.36. The van der Waals surface area contributed by atoms with E-state index in [2.05, 4.69) is 21.2 Å². The lowest BCUT2D eigenvalue weighted by molar-refractivity contribution is -0.113. The molecule has 1 aromatic rings. The Labute approximate surface area is 87.5 Å². The molecule has 3 heteroatoms. The van der Waals surface area contributed by atoms with Crippen molar-refractivity contribution in [1.82, 2.24) is 0 Å². The van der Waals surface area contributed by atoms with Crippen LogP contribution in [-0.2, 0) is 4.79 Å². The van der Waals surface area contributed by atoms with Crippen LogP contribution in [-0.4, -0.2) is 11.2 Å². The number of halogens is 1. The van der Waals surface area contributed by atoms with Gasteiger partial charge in [0.1, 0.15) is 0 Å². The van der Waals surface area contributed by atoms with E-state index in [1.165, 1.54) is 0 Å². The van der Waals surface area contributed by atoms with Gasteiger partial charge in [-0.1, -0.05) is 48.0 Å². The van der Waals surface area contributed by atoms with Crippen molar-refractivity contribution in [3.63, 3.8) is 0 Å². The summed E-state index contributed by atoms with van der Waals surface area (Å²) in [6, 6.07) is 9.36. The Morgan fingerprint density at radius 1 is 1.31 bits per heavy atom. The van der Waals surface area contributed by atoms with Crippen molar-refractivity contribution in [3.8, 4) is 0 Å². The maximum Gasteiger partial charge on any atom is 0.235 e. The van der Waals surface area contributed by atoms with Crippen molar-refractivity contribution in [2.75, 3.05) is 10.6 Å². The normalized spacial score (nSPS) is 8.23. The summed E-state index contributed by atoms with van der Waals surface area (Å²) in [5.41, 5.74) is 0.831. The molecule has 0 saturated heterocycles. The molecule has 1 N–H and O–H groups in total. The monoisotopic (exact) mass is 243 g/mol. The van der Waals surface area contributed by atoms with Gasteiger partial charge in [0.15, 0.2) is 0 Å². The van der Waals surface area contributed by atoms with Crippen molar-refractivity contribution >= 4 is 27.5 Å². The number of para-hydroxylation sites is 1. The minimum atomic E-state index is -0.0313. The Balaban J connectivity index is 0.000000671. The third kappa shape index (κ3) is 5.42. The zero-order chi connectivity index (χ0) is 10.1. The first-order valence-electron chi connectivity index (χ1n) is 4.24. The molecule has 0 spiro atoms. The molecule has 0 radical (unpaired) electrons. The third-order valence-electron chi connectivity index (χ3n) is 1.18. The zero-order valence-corrected chi connectivity index (χ0v) is 9.47. The lowest BCUT2D eigenvalue weighted by Crippen LogP contribution is -2.11. The summed E-state index contributed by atoms with van der Waals surface area (Å²) in [5, 5.41) is 3.04. The van der Waals surface area contributed by atoms with Gasteiger partial charge in [-0.05, 0) is 12.1 Å². The summed E-state index contributed by atoms with van der Waals surface area (Å²) in [7, 11) is 0. The topological polar surface area (TPSA) is 29.1 Å². The molecular formula is C10H14BrNO. The molecule has 0 heterocycles. The van der Waals surface area contributed by atoms with Gasteiger partial charge in [-0.3, -0.25) is 4.79 Å². The molecule has 1 amide bonds. The Hall–Kier alpha value is -0.830. The van der Waals surface area contributed by atoms with Crippen molar-refractivity contribution in [1.29, 1.82) is 0 Å². The fourth-order valence-electron chi connectivity index (χ4n) is 0.716. The van der Waals surface area contributed by atoms with Crippen LogP contribution in [0.5, 0.6) is 0 Å². The molecule has 1 rings (SSSR count). The van der Waals surface area contributed by atoms with E-state index in [1.54, 1.807) is 0 Å². The second-order valence-corrected chi connectivity index (χ2v) is 2.61. The summed E-state index contributed by atoms with van der Waals surface area (Å²) in [4.78, 5) is 10.8. The predicted molar refractivity (Wildman–Crippen MR) is 60.2 cm³/mol. The summed E-state index contributed by atoms with van der Waals surface area (Å²) in [5.74, 6) is -0.0313. The second kappa shape index (κ2) is 7.80. The number of amides is 1. The lowest BCUT2D eigenvalue weighted by atomic mass is 10.3. The van der Waals surface area contributed by atoms with Crippen LogP contribution < -0.4 is 5.32 Å². The molecule has 0 atom stereocenters. The third-order valence-corrected chi connectivity index (χ3v) is 1.69. The van der Waals surface area contributed by atoms with Crippen LogP contribution in [0.25, 0.3) is 0 Å². The Bertz CT molecular complexity index is 236. The van der Waals surface area contributed by atoms with E-state index in [0.717, 1.165) is 5.69 Å². The number of rotatable bonds is 2. The maximum atomic E-state index is 10.8. The van der Waals surface area contributed by atoms with Crippen LogP contribution in [0.2, 0.25) is 0 Å². The molecule has 0 saturated carbocycles. The van der Waals surface area contributed by atoms with Gasteiger partial charge in [-0.2, -0.15) is 0 Å². The smallest absolute Gasteiger partial charge is 0.235 e. The van der Waals surface area contributed by atoms with E-state index in [-0.39, 0.29) is 5.91 Å². The van der Waals surface area contributed by atoms with Crippen LogP contribution in [0, 0.1) is 0 Å². The van der Waals surface area contributed by atoms with Gasteiger partial charge >= 0.3 is 0 Å². The Morgan fingerprint density at radius 2 is 1.85 bits per heavy atom. The van der Waals surface area contributed by atoms with Gasteiger partial charge in [0.05, 0.1) is 5.33 Å². The zero-order valence-electron chi connectivity index (χ0n) is 7.88. The van der Waals surface area contributed by atoms with Crippen LogP contribution in [0.4, 0.5) is 5.69 Å². The van der Waals surface area contributed by atoms with Crippen LogP contribution in [0.15, 0.2) is 30.3 Å². The standard InChI is InChI=1S/C8H8BrNO.C2H6/c9-6-8(11)10-7-4-2-1-3-5-7;1-2/h1-5H,6H2,(H,10,11);1-2H3. The SMILES string of the molecule is CC.O=C(CBr)Nc1ccccc1. The molecule has 13 heavy (non-hydrogen) atoms. The predicted octanol–water partition coefficient (Wildman–Crippen LogP) is 3.05. The highest BCUT2D eigenvalue weighted by atomic mass is 79.9. The molecule has 1 aromatic carbocycles. The van der Waals surface area contributed by atoms with E-state index in [1.807, 2.05) is 44.2 Å². The average Bonchev–Trinajstić information content (AvgIpc) is 2.22. The highest BCUT2D eigenvalue weighted by Crippen LogP contribution is 2.04.